The van der Waals surface area contributed by atoms with E-state index in [1.807, 2.05) is 0 Å². The van der Waals surface area contributed by atoms with Crippen LogP contribution in [0.4, 0.5) is 0 Å². The second-order valence-corrected chi connectivity index (χ2v) is 4.90. The molecule has 0 unspecified atom stereocenters. The Balaban J connectivity index is 2.19. The van der Waals surface area contributed by atoms with E-state index in [-0.39, 0.29) is 18.6 Å². The summed E-state index contributed by atoms with van der Waals surface area (Å²) in [7, 11) is 0. The number of aliphatic hydroxyl groups excluding tert-OH is 1. The molecule has 0 heterocycles. The number of hydrogen-bond acceptors (Lipinski definition) is 2. The van der Waals surface area contributed by atoms with Crippen LogP contribution in [0, 0.1) is 0 Å². The normalized spacial score (nSPS) is 14.8. The van der Waals surface area contributed by atoms with Gasteiger partial charge in [0, 0.05) is 18.2 Å². The number of aliphatic hydroxyl groups is 1. The molecule has 1 amide bonds. The molecule has 0 saturated heterocycles. The fourth-order valence-corrected chi connectivity index (χ4v) is 2.04. The highest BCUT2D eigenvalue weighted by Crippen LogP contribution is 2.29. The van der Waals surface area contributed by atoms with Gasteiger partial charge >= 0.3 is 0 Å². The number of nitrogens with zero attached hydrogens (tertiary/aromatic N) is 1. The van der Waals surface area contributed by atoms with E-state index in [9.17, 15) is 4.79 Å². The first-order chi connectivity index (χ1) is 8.13. The predicted molar refractivity (Wildman–Crippen MR) is 67.6 cm³/mol. The molecule has 0 spiro atoms. The summed E-state index contributed by atoms with van der Waals surface area (Å²) < 4.78 is 0. The van der Waals surface area contributed by atoms with Crippen molar-refractivity contribution in [1.82, 2.24) is 4.90 Å². The lowest BCUT2D eigenvalue weighted by Crippen LogP contribution is -2.35. The van der Waals surface area contributed by atoms with Crippen LogP contribution in [0.2, 0.25) is 10.0 Å². The van der Waals surface area contributed by atoms with Crippen molar-refractivity contribution in [1.29, 1.82) is 0 Å². The van der Waals surface area contributed by atoms with Crippen LogP contribution < -0.4 is 0 Å². The molecule has 1 saturated carbocycles. The second kappa shape index (κ2) is 5.25. The van der Waals surface area contributed by atoms with Gasteiger partial charge in [-0.3, -0.25) is 4.79 Å². The van der Waals surface area contributed by atoms with Gasteiger partial charge in [0.2, 0.25) is 0 Å². The smallest absolute Gasteiger partial charge is 0.254 e. The van der Waals surface area contributed by atoms with Crippen LogP contribution in [-0.2, 0) is 0 Å². The molecule has 5 heteroatoms. The second-order valence-electron chi connectivity index (χ2n) is 4.08. The molecule has 92 valence electrons. The molecule has 0 aliphatic heterocycles. The first-order valence-electron chi connectivity index (χ1n) is 5.50. The Hall–Kier alpha value is -0.770. The molecule has 0 atom stereocenters. The summed E-state index contributed by atoms with van der Waals surface area (Å²) in [5.41, 5.74) is 0.514. The summed E-state index contributed by atoms with van der Waals surface area (Å²) in [6.07, 6.45) is 2.01. The van der Waals surface area contributed by atoms with E-state index < -0.39 is 0 Å². The van der Waals surface area contributed by atoms with E-state index in [0.29, 0.717) is 22.2 Å². The summed E-state index contributed by atoms with van der Waals surface area (Å²) in [6, 6.07) is 5.10. The number of halogens is 2. The average molecular weight is 274 g/mol. The maximum atomic E-state index is 12.2. The molecule has 1 N–H and O–H groups in total. The van der Waals surface area contributed by atoms with Crippen LogP contribution in [-0.4, -0.2) is 35.1 Å². The monoisotopic (exact) mass is 273 g/mol. The number of amides is 1. The lowest BCUT2D eigenvalue weighted by molar-refractivity contribution is 0.0707. The van der Waals surface area contributed by atoms with Crippen molar-refractivity contribution in [2.24, 2.45) is 0 Å². The largest absolute Gasteiger partial charge is 0.395 e. The molecule has 0 aromatic heterocycles. The van der Waals surface area contributed by atoms with Gasteiger partial charge in [-0.05, 0) is 31.0 Å². The standard InChI is InChI=1S/C12H13Cl2NO2/c13-10-4-1-8(7-11(10)14)12(17)15(5-6-16)9-2-3-9/h1,4,7,9,16H,2-3,5-6H2. The van der Waals surface area contributed by atoms with Gasteiger partial charge in [-0.25, -0.2) is 0 Å². The van der Waals surface area contributed by atoms with Crippen molar-refractivity contribution in [2.75, 3.05) is 13.2 Å². The predicted octanol–water partition coefficient (Wildman–Crippen LogP) is 2.59. The highest BCUT2D eigenvalue weighted by Gasteiger charge is 2.32. The molecule has 0 radical (unpaired) electrons. The quantitative estimate of drug-likeness (QED) is 0.916. The van der Waals surface area contributed by atoms with Gasteiger partial charge < -0.3 is 10.0 Å². The SMILES string of the molecule is O=C(c1ccc(Cl)c(Cl)c1)N(CCO)C1CC1. The minimum absolute atomic E-state index is 0.0242. The van der Waals surface area contributed by atoms with Crippen LogP contribution in [0.1, 0.15) is 23.2 Å². The maximum absolute atomic E-state index is 12.2. The average Bonchev–Trinajstić information content (AvgIpc) is 3.13. The molecule has 17 heavy (non-hydrogen) atoms. The molecule has 3 nitrogen and oxygen atoms in total. The Labute approximate surface area is 110 Å². The zero-order chi connectivity index (χ0) is 12.4. The van der Waals surface area contributed by atoms with Gasteiger partial charge in [0.15, 0.2) is 0 Å². The Morgan fingerprint density at radius 1 is 1.35 bits per heavy atom. The van der Waals surface area contributed by atoms with E-state index in [0.717, 1.165) is 12.8 Å². The van der Waals surface area contributed by atoms with Gasteiger partial charge in [0.25, 0.3) is 5.91 Å². The van der Waals surface area contributed by atoms with E-state index in [1.165, 1.54) is 0 Å². The van der Waals surface area contributed by atoms with Crippen molar-refractivity contribution < 1.29 is 9.90 Å². The molecule has 1 aromatic rings. The van der Waals surface area contributed by atoms with Crippen LogP contribution in [0.3, 0.4) is 0 Å². The van der Waals surface area contributed by atoms with Crippen molar-refractivity contribution >= 4 is 29.1 Å². The van der Waals surface area contributed by atoms with Crippen molar-refractivity contribution in [3.8, 4) is 0 Å². The Morgan fingerprint density at radius 2 is 2.06 bits per heavy atom. The molecule has 0 bridgehead atoms. The van der Waals surface area contributed by atoms with E-state index in [1.54, 1.807) is 23.1 Å². The molecule has 1 fully saturated rings. The molecule has 2 rings (SSSR count). The summed E-state index contributed by atoms with van der Waals surface area (Å²) in [6.45, 7) is 0.341. The van der Waals surface area contributed by atoms with Crippen LogP contribution >= 0.6 is 23.2 Å². The number of hydrogen-bond donors (Lipinski definition) is 1. The number of rotatable bonds is 4. The Morgan fingerprint density at radius 3 is 2.59 bits per heavy atom. The van der Waals surface area contributed by atoms with Crippen molar-refractivity contribution in [3.05, 3.63) is 33.8 Å². The summed E-state index contributed by atoms with van der Waals surface area (Å²) >= 11 is 11.7. The minimum Gasteiger partial charge on any atom is -0.395 e. The highest BCUT2D eigenvalue weighted by molar-refractivity contribution is 6.42. The fourth-order valence-electron chi connectivity index (χ4n) is 1.74. The lowest BCUT2D eigenvalue weighted by atomic mass is 10.2. The first-order valence-corrected chi connectivity index (χ1v) is 6.26. The fraction of sp³-hybridized carbons (Fsp3) is 0.417. The molecule has 1 aliphatic carbocycles. The first kappa shape index (κ1) is 12.7. The number of carbonyl (C=O) groups excluding carboxylic acids is 1. The molecule has 1 aliphatic rings. The van der Waals surface area contributed by atoms with Crippen LogP contribution in [0.25, 0.3) is 0 Å². The summed E-state index contributed by atoms with van der Waals surface area (Å²) in [5.74, 6) is -0.0971. The van der Waals surface area contributed by atoms with E-state index in [4.69, 9.17) is 28.3 Å². The Kier molecular flexibility index (Phi) is 3.92. The maximum Gasteiger partial charge on any atom is 0.254 e. The third-order valence-corrected chi connectivity index (χ3v) is 3.49. The Bertz CT molecular complexity index is 433. The van der Waals surface area contributed by atoms with Crippen LogP contribution in [0.5, 0.6) is 0 Å². The van der Waals surface area contributed by atoms with Crippen LogP contribution in [0.15, 0.2) is 18.2 Å². The lowest BCUT2D eigenvalue weighted by Gasteiger charge is -2.21. The molecule has 1 aromatic carbocycles. The topological polar surface area (TPSA) is 40.5 Å². The minimum atomic E-state index is -0.0971. The van der Waals surface area contributed by atoms with Gasteiger partial charge in [-0.2, -0.15) is 0 Å². The van der Waals surface area contributed by atoms with Gasteiger partial charge in [0.1, 0.15) is 0 Å². The van der Waals surface area contributed by atoms with Gasteiger partial charge in [-0.1, -0.05) is 23.2 Å². The highest BCUT2D eigenvalue weighted by atomic mass is 35.5. The molecular weight excluding hydrogens is 261 g/mol. The van der Waals surface area contributed by atoms with E-state index in [2.05, 4.69) is 0 Å². The van der Waals surface area contributed by atoms with E-state index >= 15 is 0 Å². The summed E-state index contributed by atoms with van der Waals surface area (Å²) in [5, 5.41) is 9.77. The number of benzene rings is 1. The van der Waals surface area contributed by atoms with Gasteiger partial charge in [-0.15, -0.1) is 0 Å². The third-order valence-electron chi connectivity index (χ3n) is 2.76. The zero-order valence-electron chi connectivity index (χ0n) is 9.20. The van der Waals surface area contributed by atoms with Gasteiger partial charge in [0.05, 0.1) is 16.7 Å². The third kappa shape index (κ3) is 2.92. The number of carbonyl (C=O) groups is 1. The van der Waals surface area contributed by atoms with Crippen molar-refractivity contribution in [2.45, 2.75) is 18.9 Å². The molecular formula is C12H13Cl2NO2. The summed E-state index contributed by atoms with van der Waals surface area (Å²) in [4.78, 5) is 13.9. The zero-order valence-corrected chi connectivity index (χ0v) is 10.7. The van der Waals surface area contributed by atoms with Crippen molar-refractivity contribution in [3.63, 3.8) is 0 Å².